The Bertz CT molecular complexity index is 566. The largest absolute Gasteiger partial charge is 0.388 e. The first-order chi connectivity index (χ1) is 8.69. The van der Waals surface area contributed by atoms with E-state index in [-0.39, 0.29) is 5.91 Å². The summed E-state index contributed by atoms with van der Waals surface area (Å²) in [7, 11) is 1.80. The highest BCUT2D eigenvalue weighted by Gasteiger charge is 2.07. The summed E-state index contributed by atoms with van der Waals surface area (Å²) >= 11 is 0. The van der Waals surface area contributed by atoms with Gasteiger partial charge in [-0.1, -0.05) is 12.1 Å². The molecule has 0 aliphatic carbocycles. The third-order valence-corrected chi connectivity index (χ3v) is 2.56. The number of aromatic nitrogens is 1. The Kier molecular flexibility index (Phi) is 3.57. The molecule has 2 aromatic rings. The van der Waals surface area contributed by atoms with Crippen LogP contribution in [0.3, 0.4) is 0 Å². The van der Waals surface area contributed by atoms with Crippen LogP contribution in [-0.2, 0) is 0 Å². The third kappa shape index (κ3) is 2.85. The Morgan fingerprint density at radius 3 is 2.72 bits per heavy atom. The molecule has 0 radical (unpaired) electrons. The zero-order chi connectivity index (χ0) is 13.0. The second kappa shape index (κ2) is 5.31. The maximum absolute atomic E-state index is 12.0. The normalized spacial score (nSPS) is 9.89. The number of hydrogen-bond donors (Lipinski definition) is 2. The minimum Gasteiger partial charge on any atom is -0.388 e. The molecule has 0 unspecified atom stereocenters. The van der Waals surface area contributed by atoms with E-state index in [4.69, 9.17) is 0 Å². The molecule has 1 amide bonds. The van der Waals surface area contributed by atoms with Gasteiger partial charge in [-0.05, 0) is 36.8 Å². The van der Waals surface area contributed by atoms with Gasteiger partial charge in [0.1, 0.15) is 5.69 Å². The van der Waals surface area contributed by atoms with Crippen LogP contribution in [0.2, 0.25) is 0 Å². The molecule has 0 spiro atoms. The van der Waals surface area contributed by atoms with Gasteiger partial charge in [-0.25, -0.2) is 0 Å². The predicted octanol–water partition coefficient (Wildman–Crippen LogP) is 2.68. The van der Waals surface area contributed by atoms with Crippen LogP contribution in [0.15, 0.2) is 42.6 Å². The van der Waals surface area contributed by atoms with Gasteiger partial charge in [0.05, 0.1) is 0 Å². The van der Waals surface area contributed by atoms with E-state index in [1.165, 1.54) is 0 Å². The van der Waals surface area contributed by atoms with Crippen molar-refractivity contribution in [2.24, 2.45) is 0 Å². The lowest BCUT2D eigenvalue weighted by Gasteiger charge is -2.06. The second-order valence-electron chi connectivity index (χ2n) is 4.00. The van der Waals surface area contributed by atoms with Crippen LogP contribution < -0.4 is 10.6 Å². The minimum absolute atomic E-state index is 0.210. The summed E-state index contributed by atoms with van der Waals surface area (Å²) in [6.45, 7) is 1.98. The summed E-state index contributed by atoms with van der Waals surface area (Å²) in [5, 5.41) is 5.80. The van der Waals surface area contributed by atoms with Crippen LogP contribution in [-0.4, -0.2) is 17.9 Å². The van der Waals surface area contributed by atoms with Crippen molar-refractivity contribution >= 4 is 17.3 Å². The van der Waals surface area contributed by atoms with E-state index in [9.17, 15) is 4.79 Å². The number of hydrogen-bond acceptors (Lipinski definition) is 3. The standard InChI is InChI=1S/C14H15N3O/c1-10-4-3-5-12(8-10)17-14(18)13-9-11(15-2)6-7-16-13/h3-9H,1-2H3,(H,15,16)(H,17,18). The van der Waals surface area contributed by atoms with E-state index in [2.05, 4.69) is 15.6 Å². The van der Waals surface area contributed by atoms with E-state index < -0.39 is 0 Å². The average Bonchev–Trinajstić information content (AvgIpc) is 2.39. The summed E-state index contributed by atoms with van der Waals surface area (Å²) < 4.78 is 0. The second-order valence-corrected chi connectivity index (χ2v) is 4.00. The Balaban J connectivity index is 2.16. The first-order valence-corrected chi connectivity index (χ1v) is 5.71. The molecular weight excluding hydrogens is 226 g/mol. The SMILES string of the molecule is CNc1ccnc(C(=O)Nc2cccc(C)c2)c1. The first kappa shape index (κ1) is 12.1. The highest BCUT2D eigenvalue weighted by Crippen LogP contribution is 2.12. The number of pyridine rings is 1. The topological polar surface area (TPSA) is 54.0 Å². The number of nitrogens with one attached hydrogen (secondary N) is 2. The van der Waals surface area contributed by atoms with Gasteiger partial charge in [0.2, 0.25) is 0 Å². The molecule has 2 rings (SSSR count). The van der Waals surface area contributed by atoms with Crippen LogP contribution in [0.4, 0.5) is 11.4 Å². The number of benzene rings is 1. The summed E-state index contributed by atoms with van der Waals surface area (Å²) in [4.78, 5) is 16.0. The number of anilines is 2. The highest BCUT2D eigenvalue weighted by atomic mass is 16.1. The Labute approximate surface area is 106 Å². The van der Waals surface area contributed by atoms with Crippen molar-refractivity contribution in [1.82, 2.24) is 4.98 Å². The fraction of sp³-hybridized carbons (Fsp3) is 0.143. The summed E-state index contributed by atoms with van der Waals surface area (Å²) in [6.07, 6.45) is 1.61. The van der Waals surface area contributed by atoms with E-state index in [1.807, 2.05) is 37.3 Å². The van der Waals surface area contributed by atoms with Gasteiger partial charge in [0.15, 0.2) is 0 Å². The molecule has 2 N–H and O–H groups in total. The molecule has 0 saturated heterocycles. The van der Waals surface area contributed by atoms with E-state index in [1.54, 1.807) is 19.3 Å². The van der Waals surface area contributed by atoms with Gasteiger partial charge < -0.3 is 10.6 Å². The molecule has 4 nitrogen and oxygen atoms in total. The highest BCUT2D eigenvalue weighted by molar-refractivity contribution is 6.03. The minimum atomic E-state index is -0.210. The molecule has 0 aliphatic rings. The lowest BCUT2D eigenvalue weighted by molar-refractivity contribution is 0.102. The third-order valence-electron chi connectivity index (χ3n) is 2.56. The van der Waals surface area contributed by atoms with Crippen molar-refractivity contribution in [3.63, 3.8) is 0 Å². The van der Waals surface area contributed by atoms with Gasteiger partial charge in [0.25, 0.3) is 5.91 Å². The molecule has 0 aliphatic heterocycles. The number of aryl methyl sites for hydroxylation is 1. The molecule has 1 aromatic carbocycles. The van der Waals surface area contributed by atoms with Gasteiger partial charge >= 0.3 is 0 Å². The molecule has 0 atom stereocenters. The lowest BCUT2D eigenvalue weighted by atomic mass is 10.2. The summed E-state index contributed by atoms with van der Waals surface area (Å²) in [5.41, 5.74) is 3.13. The van der Waals surface area contributed by atoms with Gasteiger partial charge in [0, 0.05) is 24.6 Å². The van der Waals surface area contributed by atoms with Crippen molar-refractivity contribution < 1.29 is 4.79 Å². The molecule has 1 heterocycles. The maximum atomic E-state index is 12.0. The smallest absolute Gasteiger partial charge is 0.274 e. The van der Waals surface area contributed by atoms with Crippen LogP contribution in [0.5, 0.6) is 0 Å². The monoisotopic (exact) mass is 241 g/mol. The van der Waals surface area contributed by atoms with Gasteiger partial charge in [-0.15, -0.1) is 0 Å². The fourth-order valence-corrected chi connectivity index (χ4v) is 1.63. The molecule has 1 aromatic heterocycles. The zero-order valence-electron chi connectivity index (χ0n) is 10.4. The fourth-order valence-electron chi connectivity index (χ4n) is 1.63. The molecule has 0 saturated carbocycles. The van der Waals surface area contributed by atoms with Gasteiger partial charge in [-0.3, -0.25) is 9.78 Å². The number of amides is 1. The van der Waals surface area contributed by atoms with Crippen LogP contribution >= 0.6 is 0 Å². The predicted molar refractivity (Wildman–Crippen MR) is 72.9 cm³/mol. The Morgan fingerprint density at radius 2 is 2.00 bits per heavy atom. The zero-order valence-corrected chi connectivity index (χ0v) is 10.4. The molecule has 92 valence electrons. The Morgan fingerprint density at radius 1 is 1.17 bits per heavy atom. The van der Waals surface area contributed by atoms with Crippen molar-refractivity contribution in [3.05, 3.63) is 53.9 Å². The van der Waals surface area contributed by atoms with Crippen LogP contribution in [0, 0.1) is 6.92 Å². The van der Waals surface area contributed by atoms with Crippen molar-refractivity contribution in [3.8, 4) is 0 Å². The lowest BCUT2D eigenvalue weighted by Crippen LogP contribution is -2.13. The quantitative estimate of drug-likeness (QED) is 0.868. The molecule has 4 heteroatoms. The van der Waals surface area contributed by atoms with Crippen molar-refractivity contribution in [1.29, 1.82) is 0 Å². The van der Waals surface area contributed by atoms with Crippen molar-refractivity contribution in [2.75, 3.05) is 17.7 Å². The number of rotatable bonds is 3. The first-order valence-electron chi connectivity index (χ1n) is 5.71. The van der Waals surface area contributed by atoms with Crippen molar-refractivity contribution in [2.45, 2.75) is 6.92 Å². The van der Waals surface area contributed by atoms with Crippen LogP contribution in [0.1, 0.15) is 16.1 Å². The van der Waals surface area contributed by atoms with Gasteiger partial charge in [-0.2, -0.15) is 0 Å². The molecule has 18 heavy (non-hydrogen) atoms. The van der Waals surface area contributed by atoms with E-state index in [0.717, 1.165) is 16.9 Å². The number of carbonyl (C=O) groups is 1. The number of carbonyl (C=O) groups excluding carboxylic acids is 1. The number of nitrogens with zero attached hydrogens (tertiary/aromatic N) is 1. The average molecular weight is 241 g/mol. The summed E-state index contributed by atoms with van der Waals surface area (Å²) in [5.74, 6) is -0.210. The molecule has 0 fully saturated rings. The maximum Gasteiger partial charge on any atom is 0.274 e. The molecule has 0 bridgehead atoms. The Hall–Kier alpha value is -2.36. The molecular formula is C14H15N3O. The van der Waals surface area contributed by atoms with E-state index >= 15 is 0 Å². The van der Waals surface area contributed by atoms with E-state index in [0.29, 0.717) is 5.69 Å². The van der Waals surface area contributed by atoms with Crippen LogP contribution in [0.25, 0.3) is 0 Å². The summed E-state index contributed by atoms with van der Waals surface area (Å²) in [6, 6.07) is 11.2.